The second kappa shape index (κ2) is 9.99. The SMILES string of the molecule is CCC(=O)OC(=Cc1cc(Cl)nc(Cl)c1)c1ccc(OC)c(OC2CCCC2)c1. The number of halogens is 2. The Kier molecular flexibility index (Phi) is 7.40. The van der Waals surface area contributed by atoms with Crippen LogP contribution in [0.15, 0.2) is 30.3 Å². The molecule has 1 aromatic heterocycles. The maximum Gasteiger partial charge on any atom is 0.310 e. The molecule has 0 bridgehead atoms. The number of benzene rings is 1. The number of hydrogen-bond donors (Lipinski definition) is 0. The van der Waals surface area contributed by atoms with Gasteiger partial charge in [-0.05, 0) is 67.7 Å². The first-order valence-corrected chi connectivity index (χ1v) is 10.3. The molecule has 1 fully saturated rings. The topological polar surface area (TPSA) is 57.7 Å². The Balaban J connectivity index is 2.00. The van der Waals surface area contributed by atoms with E-state index in [4.69, 9.17) is 37.4 Å². The predicted octanol–water partition coefficient (Wildman–Crippen LogP) is 6.17. The molecule has 0 saturated heterocycles. The summed E-state index contributed by atoms with van der Waals surface area (Å²) < 4.78 is 17.2. The van der Waals surface area contributed by atoms with Gasteiger partial charge in [0.1, 0.15) is 16.1 Å². The Morgan fingerprint density at radius 1 is 1.14 bits per heavy atom. The van der Waals surface area contributed by atoms with Crippen LogP contribution in [0, 0.1) is 0 Å². The van der Waals surface area contributed by atoms with Crippen molar-refractivity contribution >= 4 is 41.0 Å². The maximum atomic E-state index is 12.0. The zero-order valence-electron chi connectivity index (χ0n) is 16.4. The van der Waals surface area contributed by atoms with E-state index < -0.39 is 0 Å². The molecule has 154 valence electrons. The van der Waals surface area contributed by atoms with E-state index in [1.165, 1.54) is 0 Å². The van der Waals surface area contributed by atoms with Crippen molar-refractivity contribution in [1.82, 2.24) is 4.98 Å². The van der Waals surface area contributed by atoms with Gasteiger partial charge in [0.15, 0.2) is 11.5 Å². The third-order valence-electron chi connectivity index (χ3n) is 4.64. The standard InChI is InChI=1S/C22H23Cl2NO4/c1-3-22(26)29-18(10-14-11-20(23)25-21(24)12-14)15-8-9-17(27-2)19(13-15)28-16-6-4-5-7-16/h8-13,16H,3-7H2,1-2H3. The van der Waals surface area contributed by atoms with Gasteiger partial charge in [-0.25, -0.2) is 4.98 Å². The van der Waals surface area contributed by atoms with Crippen LogP contribution in [0.5, 0.6) is 11.5 Å². The molecule has 0 N–H and O–H groups in total. The summed E-state index contributed by atoms with van der Waals surface area (Å²) in [6.07, 6.45) is 6.49. The van der Waals surface area contributed by atoms with Gasteiger partial charge in [0.05, 0.1) is 13.2 Å². The van der Waals surface area contributed by atoms with E-state index in [0.29, 0.717) is 28.4 Å². The molecular weight excluding hydrogens is 413 g/mol. The van der Waals surface area contributed by atoms with Crippen molar-refractivity contribution in [2.24, 2.45) is 0 Å². The molecule has 0 radical (unpaired) electrons. The molecule has 1 aliphatic rings. The summed E-state index contributed by atoms with van der Waals surface area (Å²) in [5.41, 5.74) is 1.35. The fourth-order valence-corrected chi connectivity index (χ4v) is 3.67. The molecule has 1 saturated carbocycles. The van der Waals surface area contributed by atoms with Crippen molar-refractivity contribution in [2.45, 2.75) is 45.1 Å². The average Bonchev–Trinajstić information content (AvgIpc) is 3.19. The zero-order chi connectivity index (χ0) is 20.8. The summed E-state index contributed by atoms with van der Waals surface area (Å²) in [5.74, 6) is 1.28. The Morgan fingerprint density at radius 2 is 1.83 bits per heavy atom. The molecule has 29 heavy (non-hydrogen) atoms. The molecule has 0 spiro atoms. The van der Waals surface area contributed by atoms with E-state index in [2.05, 4.69) is 4.98 Å². The number of carbonyl (C=O) groups is 1. The van der Waals surface area contributed by atoms with Crippen molar-refractivity contribution in [3.8, 4) is 11.5 Å². The number of aromatic nitrogens is 1. The molecule has 0 amide bonds. The zero-order valence-corrected chi connectivity index (χ0v) is 17.9. The highest BCUT2D eigenvalue weighted by Crippen LogP contribution is 2.35. The highest BCUT2D eigenvalue weighted by atomic mass is 35.5. The van der Waals surface area contributed by atoms with Crippen molar-refractivity contribution in [2.75, 3.05) is 7.11 Å². The van der Waals surface area contributed by atoms with E-state index in [1.807, 2.05) is 12.1 Å². The van der Waals surface area contributed by atoms with Crippen molar-refractivity contribution in [3.05, 3.63) is 51.8 Å². The van der Waals surface area contributed by atoms with Crippen LogP contribution in [0.3, 0.4) is 0 Å². The van der Waals surface area contributed by atoms with Crippen molar-refractivity contribution in [1.29, 1.82) is 0 Å². The minimum atomic E-state index is -0.350. The first-order chi connectivity index (χ1) is 14.0. The summed E-state index contributed by atoms with van der Waals surface area (Å²) in [4.78, 5) is 16.0. The van der Waals surface area contributed by atoms with Gasteiger partial charge in [0.25, 0.3) is 0 Å². The third kappa shape index (κ3) is 5.87. The van der Waals surface area contributed by atoms with Gasteiger partial charge >= 0.3 is 5.97 Å². The van der Waals surface area contributed by atoms with Crippen LogP contribution in [0.25, 0.3) is 11.8 Å². The van der Waals surface area contributed by atoms with E-state index in [-0.39, 0.29) is 28.8 Å². The molecule has 7 heteroatoms. The summed E-state index contributed by atoms with van der Waals surface area (Å²) in [5, 5.41) is 0.509. The molecule has 5 nitrogen and oxygen atoms in total. The molecule has 0 unspecified atom stereocenters. The molecule has 0 aliphatic heterocycles. The first-order valence-electron chi connectivity index (χ1n) is 9.59. The van der Waals surface area contributed by atoms with Gasteiger partial charge in [0, 0.05) is 12.0 Å². The first kappa shape index (κ1) is 21.5. The van der Waals surface area contributed by atoms with E-state index in [1.54, 1.807) is 38.3 Å². The van der Waals surface area contributed by atoms with Gasteiger partial charge < -0.3 is 14.2 Å². The lowest BCUT2D eigenvalue weighted by Gasteiger charge is -2.17. The summed E-state index contributed by atoms with van der Waals surface area (Å²) in [7, 11) is 1.60. The number of nitrogens with zero attached hydrogens (tertiary/aromatic N) is 1. The summed E-state index contributed by atoms with van der Waals surface area (Å²) >= 11 is 12.0. The van der Waals surface area contributed by atoms with Crippen LogP contribution in [0.1, 0.15) is 50.2 Å². The van der Waals surface area contributed by atoms with Crippen molar-refractivity contribution < 1.29 is 19.0 Å². The Bertz CT molecular complexity index is 887. The molecule has 1 aromatic carbocycles. The van der Waals surface area contributed by atoms with Crippen LogP contribution in [0.2, 0.25) is 10.3 Å². The molecule has 0 atom stereocenters. The van der Waals surface area contributed by atoms with Crippen LogP contribution < -0.4 is 9.47 Å². The van der Waals surface area contributed by atoms with Gasteiger partial charge in [-0.2, -0.15) is 0 Å². The maximum absolute atomic E-state index is 12.0. The van der Waals surface area contributed by atoms with Crippen LogP contribution in [-0.4, -0.2) is 24.2 Å². The molecule has 3 rings (SSSR count). The second-order valence-corrected chi connectivity index (χ2v) is 7.55. The van der Waals surface area contributed by atoms with Crippen LogP contribution >= 0.6 is 23.2 Å². The van der Waals surface area contributed by atoms with Gasteiger partial charge in [-0.15, -0.1) is 0 Å². The molecule has 2 aromatic rings. The fourth-order valence-electron chi connectivity index (χ4n) is 3.19. The lowest BCUT2D eigenvalue weighted by Crippen LogP contribution is -2.12. The number of esters is 1. The van der Waals surface area contributed by atoms with Gasteiger partial charge in [-0.1, -0.05) is 30.1 Å². The highest BCUT2D eigenvalue weighted by Gasteiger charge is 2.20. The second-order valence-electron chi connectivity index (χ2n) is 6.77. The Morgan fingerprint density at radius 3 is 2.45 bits per heavy atom. The fraction of sp³-hybridized carbons (Fsp3) is 0.364. The largest absolute Gasteiger partial charge is 0.493 e. The molecule has 1 heterocycles. The lowest BCUT2D eigenvalue weighted by atomic mass is 10.1. The summed E-state index contributed by atoms with van der Waals surface area (Å²) in [6.45, 7) is 1.74. The lowest BCUT2D eigenvalue weighted by molar-refractivity contribution is -0.136. The van der Waals surface area contributed by atoms with Gasteiger partial charge in [0.2, 0.25) is 0 Å². The summed E-state index contributed by atoms with van der Waals surface area (Å²) in [6, 6.07) is 8.74. The number of rotatable bonds is 7. The number of pyridine rings is 1. The quantitative estimate of drug-likeness (QED) is 0.295. The number of methoxy groups -OCH3 is 1. The number of hydrogen-bond acceptors (Lipinski definition) is 5. The monoisotopic (exact) mass is 435 g/mol. The van der Waals surface area contributed by atoms with E-state index in [9.17, 15) is 4.79 Å². The molecular formula is C22H23Cl2NO4. The molecule has 1 aliphatic carbocycles. The number of carbonyl (C=O) groups excluding carboxylic acids is 1. The smallest absolute Gasteiger partial charge is 0.310 e. The Labute approximate surface area is 180 Å². The van der Waals surface area contributed by atoms with E-state index in [0.717, 1.165) is 25.7 Å². The van der Waals surface area contributed by atoms with Gasteiger partial charge in [-0.3, -0.25) is 4.79 Å². The minimum absolute atomic E-state index is 0.169. The van der Waals surface area contributed by atoms with Crippen LogP contribution in [-0.2, 0) is 9.53 Å². The van der Waals surface area contributed by atoms with Crippen molar-refractivity contribution in [3.63, 3.8) is 0 Å². The predicted molar refractivity (Wildman–Crippen MR) is 114 cm³/mol. The normalized spacial score (nSPS) is 14.7. The minimum Gasteiger partial charge on any atom is -0.493 e. The number of ether oxygens (including phenoxy) is 3. The Hall–Kier alpha value is -2.24. The third-order valence-corrected chi connectivity index (χ3v) is 5.03. The van der Waals surface area contributed by atoms with E-state index >= 15 is 0 Å². The van der Waals surface area contributed by atoms with Crippen LogP contribution in [0.4, 0.5) is 0 Å². The average molecular weight is 436 g/mol. The highest BCUT2D eigenvalue weighted by molar-refractivity contribution is 6.32.